The number of hydrogen-bond acceptors (Lipinski definition) is 10. The molecule has 5 aromatic rings. The molecule has 0 aliphatic carbocycles. The number of ether oxygens (including phenoxy) is 2. The Kier molecular flexibility index (Phi) is 4.87. The number of hydrogen-bond donors (Lipinski definition) is 2. The summed E-state index contributed by atoms with van der Waals surface area (Å²) >= 11 is 0. The van der Waals surface area contributed by atoms with Gasteiger partial charge in [-0.25, -0.2) is 19.9 Å². The Bertz CT molecular complexity index is 1610. The molecular weight excluding hydrogens is 446 g/mol. The number of nitrogen functional groups attached to an aromatic ring is 1. The lowest BCUT2D eigenvalue weighted by Crippen LogP contribution is -2.15. The van der Waals surface area contributed by atoms with Gasteiger partial charge in [-0.2, -0.15) is 0 Å². The maximum Gasteiger partial charge on any atom is 0.289 e. The highest BCUT2D eigenvalue weighted by atomic mass is 16.5. The normalized spacial score (nSPS) is 15.3. The maximum absolute atomic E-state index is 6.31. The van der Waals surface area contributed by atoms with Crippen LogP contribution >= 0.6 is 0 Å². The molecule has 0 radical (unpaired) electrons. The van der Waals surface area contributed by atoms with Crippen molar-refractivity contribution in [3.63, 3.8) is 0 Å². The fourth-order valence-electron chi connectivity index (χ4n) is 3.81. The van der Waals surface area contributed by atoms with Crippen LogP contribution in [0.15, 0.2) is 60.1 Å². The first-order valence-corrected chi connectivity index (χ1v) is 11.0. The van der Waals surface area contributed by atoms with Crippen molar-refractivity contribution in [2.75, 3.05) is 17.6 Å². The molecule has 1 atom stereocenters. The van der Waals surface area contributed by atoms with Gasteiger partial charge in [-0.3, -0.25) is 4.40 Å². The third-order valence-corrected chi connectivity index (χ3v) is 5.59. The van der Waals surface area contributed by atoms with Crippen molar-refractivity contribution in [2.45, 2.75) is 20.0 Å². The standard InChI is InChI=1S/C24H21N9O2/c1-13-7-15(3-6-19(13)35-21-9-20-32-28-12-33(20)11-27-21)23-30-18-5-4-16(8-17(18)22(25)31-23)29-24-26-10-14(2)34-24/h3-9,11-12,14H,10H2,1-2H3,(H,26,29)(H2,25,30,31). The molecule has 11 heteroatoms. The number of nitrogens with one attached hydrogen (secondary N) is 1. The van der Waals surface area contributed by atoms with Gasteiger partial charge in [0.05, 0.1) is 12.1 Å². The first kappa shape index (κ1) is 20.8. The molecule has 4 heterocycles. The van der Waals surface area contributed by atoms with Crippen LogP contribution in [0.3, 0.4) is 0 Å². The number of fused-ring (bicyclic) bond motifs is 2. The molecule has 0 bridgehead atoms. The number of aryl methyl sites for hydroxylation is 1. The van der Waals surface area contributed by atoms with Gasteiger partial charge in [0.2, 0.25) is 5.88 Å². The lowest BCUT2D eigenvalue weighted by Gasteiger charge is -2.12. The number of amidine groups is 1. The molecule has 3 aromatic heterocycles. The third-order valence-electron chi connectivity index (χ3n) is 5.59. The van der Waals surface area contributed by atoms with Crippen LogP contribution in [0.5, 0.6) is 11.6 Å². The predicted octanol–water partition coefficient (Wildman–Crippen LogP) is 3.60. The summed E-state index contributed by atoms with van der Waals surface area (Å²) in [6.07, 6.45) is 3.26. The fraction of sp³-hybridized carbons (Fsp3) is 0.167. The van der Waals surface area contributed by atoms with Crippen LogP contribution in [0.2, 0.25) is 0 Å². The number of aliphatic imine (C=N–C) groups is 1. The van der Waals surface area contributed by atoms with Gasteiger partial charge in [-0.1, -0.05) is 0 Å². The fourth-order valence-corrected chi connectivity index (χ4v) is 3.81. The highest BCUT2D eigenvalue weighted by Gasteiger charge is 2.16. The summed E-state index contributed by atoms with van der Waals surface area (Å²) in [7, 11) is 0. The van der Waals surface area contributed by atoms with E-state index in [0.29, 0.717) is 41.5 Å². The Morgan fingerprint density at radius 1 is 1.11 bits per heavy atom. The largest absolute Gasteiger partial charge is 0.460 e. The zero-order valence-electron chi connectivity index (χ0n) is 19.0. The Hall–Kier alpha value is -4.80. The summed E-state index contributed by atoms with van der Waals surface area (Å²) in [5.41, 5.74) is 10.2. The topological polar surface area (TPSA) is 138 Å². The van der Waals surface area contributed by atoms with Crippen molar-refractivity contribution in [3.8, 4) is 23.0 Å². The molecule has 1 aliphatic heterocycles. The van der Waals surface area contributed by atoms with Crippen LogP contribution in [0.25, 0.3) is 27.9 Å². The van der Waals surface area contributed by atoms with Gasteiger partial charge >= 0.3 is 0 Å². The van der Waals surface area contributed by atoms with Gasteiger partial charge in [0.15, 0.2) is 11.5 Å². The second kappa shape index (κ2) is 8.20. The van der Waals surface area contributed by atoms with E-state index in [9.17, 15) is 0 Å². The van der Waals surface area contributed by atoms with Crippen molar-refractivity contribution in [1.29, 1.82) is 0 Å². The Balaban J connectivity index is 1.26. The van der Waals surface area contributed by atoms with E-state index in [-0.39, 0.29) is 6.10 Å². The second-order valence-electron chi connectivity index (χ2n) is 8.27. The molecule has 1 unspecified atom stereocenters. The van der Waals surface area contributed by atoms with E-state index in [1.54, 1.807) is 23.1 Å². The number of benzene rings is 2. The summed E-state index contributed by atoms with van der Waals surface area (Å²) in [4.78, 5) is 17.9. The van der Waals surface area contributed by atoms with Crippen LogP contribution in [0, 0.1) is 6.92 Å². The quantitative estimate of drug-likeness (QED) is 0.406. The molecule has 0 spiro atoms. The number of aromatic nitrogens is 6. The Morgan fingerprint density at radius 3 is 2.86 bits per heavy atom. The summed E-state index contributed by atoms with van der Waals surface area (Å²) in [5, 5.41) is 11.8. The summed E-state index contributed by atoms with van der Waals surface area (Å²) < 4.78 is 13.3. The predicted molar refractivity (Wildman–Crippen MR) is 131 cm³/mol. The van der Waals surface area contributed by atoms with Crippen LogP contribution in [-0.4, -0.2) is 48.2 Å². The maximum atomic E-state index is 6.31. The summed E-state index contributed by atoms with van der Waals surface area (Å²) in [5.74, 6) is 2.02. The molecule has 3 N–H and O–H groups in total. The highest BCUT2D eigenvalue weighted by Crippen LogP contribution is 2.30. The van der Waals surface area contributed by atoms with E-state index in [4.69, 9.17) is 20.2 Å². The molecule has 11 nitrogen and oxygen atoms in total. The van der Waals surface area contributed by atoms with Gasteiger partial charge in [-0.15, -0.1) is 10.2 Å². The van der Waals surface area contributed by atoms with Crippen molar-refractivity contribution in [3.05, 3.63) is 60.7 Å². The molecular formula is C24H21N9O2. The lowest BCUT2D eigenvalue weighted by molar-refractivity contribution is 0.245. The third kappa shape index (κ3) is 4.03. The zero-order valence-corrected chi connectivity index (χ0v) is 19.0. The Morgan fingerprint density at radius 2 is 2.03 bits per heavy atom. The number of nitrogens with zero attached hydrogens (tertiary/aromatic N) is 7. The minimum Gasteiger partial charge on any atom is -0.460 e. The van der Waals surface area contributed by atoms with E-state index in [1.807, 2.05) is 50.2 Å². The molecule has 0 saturated heterocycles. The van der Waals surface area contributed by atoms with Gasteiger partial charge in [0, 0.05) is 22.7 Å². The molecule has 2 aromatic carbocycles. The molecule has 174 valence electrons. The first-order valence-electron chi connectivity index (χ1n) is 11.0. The minimum atomic E-state index is 0.0722. The van der Waals surface area contributed by atoms with E-state index < -0.39 is 0 Å². The number of rotatable bonds is 4. The van der Waals surface area contributed by atoms with Gasteiger partial charge in [0.1, 0.15) is 30.3 Å². The monoisotopic (exact) mass is 467 g/mol. The lowest BCUT2D eigenvalue weighted by atomic mass is 10.1. The Labute approximate surface area is 199 Å². The zero-order chi connectivity index (χ0) is 23.9. The molecule has 0 fully saturated rings. The molecule has 35 heavy (non-hydrogen) atoms. The molecule has 1 aliphatic rings. The van der Waals surface area contributed by atoms with Gasteiger partial charge in [-0.05, 0) is 55.8 Å². The SMILES string of the molecule is Cc1cc(-c2nc(N)c3cc(NC4=NCC(C)O4)ccc3n2)ccc1Oc1cc2nncn2cn1. The van der Waals surface area contributed by atoms with Crippen LogP contribution < -0.4 is 15.8 Å². The molecule has 0 amide bonds. The smallest absolute Gasteiger partial charge is 0.289 e. The van der Waals surface area contributed by atoms with E-state index >= 15 is 0 Å². The second-order valence-corrected chi connectivity index (χ2v) is 8.27. The van der Waals surface area contributed by atoms with E-state index in [1.165, 1.54) is 0 Å². The van der Waals surface area contributed by atoms with Crippen molar-refractivity contribution in [1.82, 2.24) is 29.5 Å². The minimum absolute atomic E-state index is 0.0722. The number of nitrogens with two attached hydrogens (primary N) is 1. The van der Waals surface area contributed by atoms with Gasteiger partial charge < -0.3 is 20.5 Å². The van der Waals surface area contributed by atoms with Crippen LogP contribution in [0.1, 0.15) is 12.5 Å². The summed E-state index contributed by atoms with van der Waals surface area (Å²) in [6.45, 7) is 4.56. The molecule has 0 saturated carbocycles. The highest BCUT2D eigenvalue weighted by molar-refractivity contribution is 5.96. The molecule has 6 rings (SSSR count). The van der Waals surface area contributed by atoms with Crippen molar-refractivity contribution >= 4 is 34.1 Å². The van der Waals surface area contributed by atoms with Gasteiger partial charge in [0.25, 0.3) is 6.02 Å². The average molecular weight is 467 g/mol. The van der Waals surface area contributed by atoms with E-state index in [0.717, 1.165) is 27.7 Å². The van der Waals surface area contributed by atoms with Crippen molar-refractivity contribution < 1.29 is 9.47 Å². The number of anilines is 2. The van der Waals surface area contributed by atoms with Crippen LogP contribution in [-0.2, 0) is 4.74 Å². The van der Waals surface area contributed by atoms with Crippen LogP contribution in [0.4, 0.5) is 11.5 Å². The van der Waals surface area contributed by atoms with Crippen molar-refractivity contribution in [2.24, 2.45) is 4.99 Å². The van der Waals surface area contributed by atoms with E-state index in [2.05, 4.69) is 30.5 Å². The summed E-state index contributed by atoms with van der Waals surface area (Å²) in [6, 6.07) is 13.6. The first-order chi connectivity index (χ1) is 17.0. The average Bonchev–Trinajstić information content (AvgIpc) is 3.49.